The smallest absolute Gasteiger partial charge is 0.407 e. The molecule has 0 rings (SSSR count). The number of hydrogen-bond donors (Lipinski definition) is 1. The Labute approximate surface area is 145 Å². The fraction of sp³-hybridized carbons (Fsp3) is 0.824. The molecule has 0 aromatic heterocycles. The Bertz CT molecular complexity index is 348. The second-order valence-electron chi connectivity index (χ2n) is 5.83. The number of alkyl carbamates (subject to hydrolysis) is 1. The summed E-state index contributed by atoms with van der Waals surface area (Å²) in [5, 5.41) is 2.61. The van der Waals surface area contributed by atoms with E-state index in [4.69, 9.17) is 30.1 Å². The number of hydrogen-bond acceptors (Lipinski definition) is 6. The van der Waals surface area contributed by atoms with Crippen LogP contribution in [0.4, 0.5) is 4.79 Å². The van der Waals surface area contributed by atoms with Gasteiger partial charge in [0.25, 0.3) is 0 Å². The van der Waals surface area contributed by atoms with Gasteiger partial charge in [-0.1, -0.05) is 0 Å². The van der Waals surface area contributed by atoms with E-state index in [0.29, 0.717) is 65.8 Å². The van der Waals surface area contributed by atoms with E-state index >= 15 is 0 Å². The molecule has 140 valence electrons. The van der Waals surface area contributed by atoms with Gasteiger partial charge in [0.05, 0.1) is 52.9 Å². The van der Waals surface area contributed by atoms with E-state index in [1.807, 2.05) is 20.8 Å². The molecule has 0 saturated carbocycles. The van der Waals surface area contributed by atoms with Crippen LogP contribution in [-0.4, -0.2) is 71.1 Å². The fourth-order valence-electron chi connectivity index (χ4n) is 1.43. The maximum absolute atomic E-state index is 11.3. The number of terminal acetylenes is 1. The predicted octanol–water partition coefficient (Wildman–Crippen LogP) is 1.60. The van der Waals surface area contributed by atoms with Crippen molar-refractivity contribution in [2.75, 3.05) is 59.4 Å². The van der Waals surface area contributed by atoms with E-state index in [-0.39, 0.29) is 0 Å². The summed E-state index contributed by atoms with van der Waals surface area (Å²) >= 11 is 0. The summed E-state index contributed by atoms with van der Waals surface area (Å²) in [5.74, 6) is 2.50. The Morgan fingerprint density at radius 3 is 1.79 bits per heavy atom. The van der Waals surface area contributed by atoms with Gasteiger partial charge in [0.2, 0.25) is 0 Å². The van der Waals surface area contributed by atoms with Crippen molar-refractivity contribution >= 4 is 6.09 Å². The maximum atomic E-state index is 11.3. The molecule has 0 aliphatic heterocycles. The third-order valence-corrected chi connectivity index (χ3v) is 2.42. The Morgan fingerprint density at radius 1 is 0.875 bits per heavy atom. The van der Waals surface area contributed by atoms with Crippen LogP contribution in [0.25, 0.3) is 0 Å². The molecule has 0 aliphatic rings. The zero-order valence-corrected chi connectivity index (χ0v) is 15.1. The van der Waals surface area contributed by atoms with E-state index in [1.54, 1.807) is 0 Å². The van der Waals surface area contributed by atoms with Crippen LogP contribution in [0.3, 0.4) is 0 Å². The summed E-state index contributed by atoms with van der Waals surface area (Å²) < 4.78 is 26.3. The van der Waals surface area contributed by atoms with Crippen molar-refractivity contribution in [3.63, 3.8) is 0 Å². The molecule has 0 fully saturated rings. The minimum Gasteiger partial charge on any atom is -0.444 e. The molecule has 0 bridgehead atoms. The van der Waals surface area contributed by atoms with Gasteiger partial charge in [-0.25, -0.2) is 4.79 Å². The van der Waals surface area contributed by atoms with Crippen molar-refractivity contribution in [1.82, 2.24) is 5.32 Å². The predicted molar refractivity (Wildman–Crippen MR) is 91.0 cm³/mol. The van der Waals surface area contributed by atoms with Crippen LogP contribution in [0.5, 0.6) is 0 Å². The van der Waals surface area contributed by atoms with Gasteiger partial charge in [0.15, 0.2) is 0 Å². The number of ether oxygens (including phenoxy) is 5. The molecule has 7 heteroatoms. The molecule has 0 radical (unpaired) electrons. The molecule has 0 saturated heterocycles. The van der Waals surface area contributed by atoms with E-state index in [0.717, 1.165) is 0 Å². The molecule has 0 aromatic carbocycles. The summed E-state index contributed by atoms with van der Waals surface area (Å²) in [6, 6.07) is 0. The second-order valence-corrected chi connectivity index (χ2v) is 5.83. The lowest BCUT2D eigenvalue weighted by Gasteiger charge is -2.19. The van der Waals surface area contributed by atoms with Crippen LogP contribution in [0, 0.1) is 12.3 Å². The maximum Gasteiger partial charge on any atom is 0.407 e. The Morgan fingerprint density at radius 2 is 1.33 bits per heavy atom. The van der Waals surface area contributed by atoms with E-state index in [1.165, 1.54) is 0 Å². The number of amides is 1. The summed E-state index contributed by atoms with van der Waals surface area (Å²) in [7, 11) is 0. The standard InChI is InChI=1S/C17H31NO6/c1-5-6-8-20-10-12-22-14-15-23-13-11-21-9-7-18-16(19)24-17(2,3)4/h1H,6-15H2,2-4H3,(H,18,19). The first-order valence-corrected chi connectivity index (χ1v) is 8.17. The van der Waals surface area contributed by atoms with E-state index in [2.05, 4.69) is 11.2 Å². The summed E-state index contributed by atoms with van der Waals surface area (Å²) in [6.45, 7) is 9.85. The lowest BCUT2D eigenvalue weighted by atomic mass is 10.2. The van der Waals surface area contributed by atoms with Crippen molar-refractivity contribution in [2.45, 2.75) is 32.8 Å². The summed E-state index contributed by atoms with van der Waals surface area (Å²) in [4.78, 5) is 11.3. The zero-order chi connectivity index (χ0) is 18.1. The van der Waals surface area contributed by atoms with Crippen molar-refractivity contribution in [1.29, 1.82) is 0 Å². The lowest BCUT2D eigenvalue weighted by molar-refractivity contribution is -0.00123. The normalized spacial score (nSPS) is 11.1. The van der Waals surface area contributed by atoms with Gasteiger partial charge in [-0.15, -0.1) is 12.3 Å². The monoisotopic (exact) mass is 345 g/mol. The first-order chi connectivity index (χ1) is 11.5. The van der Waals surface area contributed by atoms with Gasteiger partial charge in [-0.3, -0.25) is 0 Å². The van der Waals surface area contributed by atoms with Crippen molar-refractivity contribution in [2.24, 2.45) is 0 Å². The van der Waals surface area contributed by atoms with Crippen molar-refractivity contribution in [3.05, 3.63) is 0 Å². The number of nitrogens with one attached hydrogen (secondary N) is 1. The van der Waals surface area contributed by atoms with Crippen LogP contribution in [-0.2, 0) is 23.7 Å². The Kier molecular flexibility index (Phi) is 14.4. The van der Waals surface area contributed by atoms with Crippen LogP contribution in [0.15, 0.2) is 0 Å². The minimum atomic E-state index is -0.491. The van der Waals surface area contributed by atoms with Crippen LogP contribution in [0.2, 0.25) is 0 Å². The number of rotatable bonds is 14. The highest BCUT2D eigenvalue weighted by molar-refractivity contribution is 5.67. The topological polar surface area (TPSA) is 75.3 Å². The molecule has 0 heterocycles. The van der Waals surface area contributed by atoms with E-state index < -0.39 is 11.7 Å². The molecule has 24 heavy (non-hydrogen) atoms. The van der Waals surface area contributed by atoms with Gasteiger partial charge in [-0.05, 0) is 20.8 Å². The average Bonchev–Trinajstić information content (AvgIpc) is 2.49. The van der Waals surface area contributed by atoms with Crippen LogP contribution in [0.1, 0.15) is 27.2 Å². The minimum absolute atomic E-state index is 0.400. The highest BCUT2D eigenvalue weighted by Crippen LogP contribution is 2.05. The molecule has 0 aromatic rings. The van der Waals surface area contributed by atoms with E-state index in [9.17, 15) is 4.79 Å². The molecule has 0 atom stereocenters. The molecular formula is C17H31NO6. The SMILES string of the molecule is C#CCCOCCOCCOCCOCCNC(=O)OC(C)(C)C. The first-order valence-electron chi connectivity index (χ1n) is 8.17. The Balaban J connectivity index is 3.15. The third kappa shape index (κ3) is 18.7. The largest absolute Gasteiger partial charge is 0.444 e. The Hall–Kier alpha value is -1.33. The molecular weight excluding hydrogens is 314 g/mol. The molecule has 0 unspecified atom stereocenters. The van der Waals surface area contributed by atoms with Crippen molar-refractivity contribution in [3.8, 4) is 12.3 Å². The van der Waals surface area contributed by atoms with Gasteiger partial charge < -0.3 is 29.0 Å². The number of carbonyl (C=O) groups is 1. The molecule has 7 nitrogen and oxygen atoms in total. The molecule has 0 spiro atoms. The average molecular weight is 345 g/mol. The van der Waals surface area contributed by atoms with Gasteiger partial charge in [0, 0.05) is 13.0 Å². The van der Waals surface area contributed by atoms with Gasteiger partial charge >= 0.3 is 6.09 Å². The number of carbonyl (C=O) groups excluding carboxylic acids is 1. The van der Waals surface area contributed by atoms with Gasteiger partial charge in [-0.2, -0.15) is 0 Å². The first kappa shape index (κ1) is 22.7. The second kappa shape index (κ2) is 15.2. The summed E-state index contributed by atoms with van der Waals surface area (Å²) in [6.07, 6.45) is 5.28. The zero-order valence-electron chi connectivity index (χ0n) is 15.1. The highest BCUT2D eigenvalue weighted by Gasteiger charge is 2.15. The van der Waals surface area contributed by atoms with Gasteiger partial charge in [0.1, 0.15) is 5.60 Å². The van der Waals surface area contributed by atoms with Crippen LogP contribution >= 0.6 is 0 Å². The molecule has 1 N–H and O–H groups in total. The lowest BCUT2D eigenvalue weighted by Crippen LogP contribution is -2.34. The molecule has 0 aliphatic carbocycles. The fourth-order valence-corrected chi connectivity index (χ4v) is 1.43. The highest BCUT2D eigenvalue weighted by atomic mass is 16.6. The van der Waals surface area contributed by atoms with Crippen molar-refractivity contribution < 1.29 is 28.5 Å². The summed E-state index contributed by atoms with van der Waals surface area (Å²) in [5.41, 5.74) is -0.491. The quantitative estimate of drug-likeness (QED) is 0.381. The molecule has 1 amide bonds. The third-order valence-electron chi connectivity index (χ3n) is 2.42. The van der Waals surface area contributed by atoms with Crippen LogP contribution < -0.4 is 5.32 Å².